The van der Waals surface area contributed by atoms with Gasteiger partial charge in [0.1, 0.15) is 0 Å². The van der Waals surface area contributed by atoms with Gasteiger partial charge in [-0.3, -0.25) is 9.69 Å². The molecule has 1 amide bonds. The number of fused-ring (bicyclic) bond motifs is 1. The SMILES string of the molecule is C[C@@H](C(=O)N1CCN(c2ccccc2)CC1)N1CCc2ccccc2C1. The molecule has 1 atom stereocenters. The second kappa shape index (κ2) is 7.50. The van der Waals surface area contributed by atoms with Gasteiger partial charge in [0.15, 0.2) is 0 Å². The number of anilines is 1. The van der Waals surface area contributed by atoms with Crippen molar-refractivity contribution in [3.05, 3.63) is 65.7 Å². The van der Waals surface area contributed by atoms with Crippen molar-refractivity contribution in [2.75, 3.05) is 37.6 Å². The van der Waals surface area contributed by atoms with E-state index in [9.17, 15) is 4.79 Å². The minimum absolute atomic E-state index is 0.0494. The number of hydrogen-bond donors (Lipinski definition) is 0. The average molecular weight is 349 g/mol. The minimum atomic E-state index is -0.0494. The van der Waals surface area contributed by atoms with Crippen LogP contribution in [0.2, 0.25) is 0 Å². The molecule has 0 spiro atoms. The Morgan fingerprint density at radius 2 is 1.50 bits per heavy atom. The fourth-order valence-electron chi connectivity index (χ4n) is 4.09. The predicted octanol–water partition coefficient (Wildman–Crippen LogP) is 2.78. The predicted molar refractivity (Wildman–Crippen MR) is 105 cm³/mol. The second-order valence-electron chi connectivity index (χ2n) is 7.31. The van der Waals surface area contributed by atoms with Crippen molar-refractivity contribution in [1.82, 2.24) is 9.80 Å². The molecule has 0 saturated carbocycles. The molecule has 4 nitrogen and oxygen atoms in total. The van der Waals surface area contributed by atoms with Gasteiger partial charge in [0.25, 0.3) is 0 Å². The normalized spacial score (nSPS) is 19.1. The summed E-state index contributed by atoms with van der Waals surface area (Å²) in [5, 5.41) is 0. The molecule has 2 aliphatic rings. The van der Waals surface area contributed by atoms with E-state index in [0.717, 1.165) is 45.7 Å². The lowest BCUT2D eigenvalue weighted by molar-refractivity contribution is -0.137. The molecule has 26 heavy (non-hydrogen) atoms. The van der Waals surface area contributed by atoms with Crippen molar-refractivity contribution in [1.29, 1.82) is 0 Å². The van der Waals surface area contributed by atoms with Crippen LogP contribution in [-0.2, 0) is 17.8 Å². The van der Waals surface area contributed by atoms with E-state index in [-0.39, 0.29) is 11.9 Å². The standard InChI is InChI=1S/C22H27N3O/c1-18(25-12-11-19-7-5-6-8-20(19)17-25)22(26)24-15-13-23(14-16-24)21-9-3-2-4-10-21/h2-10,18H,11-17H2,1H3/t18-/m0/s1. The first-order valence-corrected chi connectivity index (χ1v) is 9.62. The summed E-state index contributed by atoms with van der Waals surface area (Å²) in [6, 6.07) is 19.0. The number of benzene rings is 2. The molecule has 0 aliphatic carbocycles. The van der Waals surface area contributed by atoms with Crippen LogP contribution >= 0.6 is 0 Å². The van der Waals surface area contributed by atoms with E-state index < -0.39 is 0 Å². The highest BCUT2D eigenvalue weighted by Gasteiger charge is 2.30. The van der Waals surface area contributed by atoms with Crippen LogP contribution in [0.4, 0.5) is 5.69 Å². The van der Waals surface area contributed by atoms with Gasteiger partial charge >= 0.3 is 0 Å². The first kappa shape index (κ1) is 17.1. The molecular formula is C22H27N3O. The summed E-state index contributed by atoms with van der Waals surface area (Å²) in [7, 11) is 0. The van der Waals surface area contributed by atoms with Crippen molar-refractivity contribution < 1.29 is 4.79 Å². The third-order valence-corrected chi connectivity index (χ3v) is 5.78. The number of piperazine rings is 1. The number of para-hydroxylation sites is 1. The lowest BCUT2D eigenvalue weighted by Crippen LogP contribution is -2.54. The molecule has 0 bridgehead atoms. The molecule has 0 N–H and O–H groups in total. The van der Waals surface area contributed by atoms with Gasteiger partial charge in [-0.2, -0.15) is 0 Å². The largest absolute Gasteiger partial charge is 0.368 e. The summed E-state index contributed by atoms with van der Waals surface area (Å²) in [6.07, 6.45) is 1.04. The summed E-state index contributed by atoms with van der Waals surface area (Å²) in [4.78, 5) is 19.8. The van der Waals surface area contributed by atoms with E-state index in [1.807, 2.05) is 11.0 Å². The molecule has 136 valence electrons. The van der Waals surface area contributed by atoms with Crippen molar-refractivity contribution in [2.45, 2.75) is 25.9 Å². The number of carbonyl (C=O) groups is 1. The van der Waals surface area contributed by atoms with Crippen LogP contribution in [0.3, 0.4) is 0 Å². The molecule has 0 aromatic heterocycles. The average Bonchev–Trinajstić information content (AvgIpc) is 2.73. The highest BCUT2D eigenvalue weighted by atomic mass is 16.2. The first-order chi connectivity index (χ1) is 12.7. The van der Waals surface area contributed by atoms with Gasteiger partial charge in [0, 0.05) is 45.0 Å². The van der Waals surface area contributed by atoms with Gasteiger partial charge < -0.3 is 9.80 Å². The Labute approximate surface area is 156 Å². The fourth-order valence-corrected chi connectivity index (χ4v) is 4.09. The van der Waals surface area contributed by atoms with Gasteiger partial charge in [-0.15, -0.1) is 0 Å². The van der Waals surface area contributed by atoms with Crippen molar-refractivity contribution in [3.63, 3.8) is 0 Å². The summed E-state index contributed by atoms with van der Waals surface area (Å²) >= 11 is 0. The zero-order chi connectivity index (χ0) is 17.9. The maximum absolute atomic E-state index is 13.0. The Balaban J connectivity index is 1.35. The summed E-state index contributed by atoms with van der Waals surface area (Å²) in [5.74, 6) is 0.275. The molecule has 0 unspecified atom stereocenters. The monoisotopic (exact) mass is 349 g/mol. The van der Waals surface area contributed by atoms with Crippen LogP contribution in [0.25, 0.3) is 0 Å². The molecule has 2 aliphatic heterocycles. The minimum Gasteiger partial charge on any atom is -0.368 e. The quantitative estimate of drug-likeness (QED) is 0.853. The van der Waals surface area contributed by atoms with E-state index >= 15 is 0 Å². The summed E-state index contributed by atoms with van der Waals surface area (Å²) in [5.41, 5.74) is 4.05. The molecule has 4 rings (SSSR count). The van der Waals surface area contributed by atoms with E-state index in [0.29, 0.717) is 0 Å². The smallest absolute Gasteiger partial charge is 0.239 e. The third kappa shape index (κ3) is 3.47. The van der Waals surface area contributed by atoms with Crippen molar-refractivity contribution in [2.24, 2.45) is 0 Å². The Kier molecular flexibility index (Phi) is 4.93. The topological polar surface area (TPSA) is 26.8 Å². The van der Waals surface area contributed by atoms with Gasteiger partial charge in [0.05, 0.1) is 6.04 Å². The van der Waals surface area contributed by atoms with Gasteiger partial charge in [0.2, 0.25) is 5.91 Å². The summed E-state index contributed by atoms with van der Waals surface area (Å²) in [6.45, 7) is 7.35. The summed E-state index contributed by atoms with van der Waals surface area (Å²) < 4.78 is 0. The van der Waals surface area contributed by atoms with E-state index in [4.69, 9.17) is 0 Å². The van der Waals surface area contributed by atoms with Crippen LogP contribution in [-0.4, -0.2) is 54.5 Å². The molecule has 0 radical (unpaired) electrons. The van der Waals surface area contributed by atoms with E-state index in [2.05, 4.69) is 65.3 Å². The Bertz CT molecular complexity index is 753. The molecule has 2 aromatic rings. The maximum Gasteiger partial charge on any atom is 0.239 e. The van der Waals surface area contributed by atoms with Crippen LogP contribution in [0.1, 0.15) is 18.1 Å². The molecule has 2 heterocycles. The Hall–Kier alpha value is -2.33. The molecule has 1 saturated heterocycles. The van der Waals surface area contributed by atoms with Crippen molar-refractivity contribution >= 4 is 11.6 Å². The van der Waals surface area contributed by atoms with E-state index in [1.165, 1.54) is 16.8 Å². The zero-order valence-electron chi connectivity index (χ0n) is 15.5. The molecule has 1 fully saturated rings. The number of carbonyl (C=O) groups excluding carboxylic acids is 1. The lowest BCUT2D eigenvalue weighted by Gasteiger charge is -2.40. The number of nitrogens with zero attached hydrogens (tertiary/aromatic N) is 3. The van der Waals surface area contributed by atoms with Crippen LogP contribution in [0, 0.1) is 0 Å². The highest BCUT2D eigenvalue weighted by Crippen LogP contribution is 2.22. The van der Waals surface area contributed by atoms with Crippen LogP contribution < -0.4 is 4.90 Å². The zero-order valence-corrected chi connectivity index (χ0v) is 15.5. The molecule has 4 heteroatoms. The number of amides is 1. The number of hydrogen-bond acceptors (Lipinski definition) is 3. The molecular weight excluding hydrogens is 322 g/mol. The van der Waals surface area contributed by atoms with E-state index in [1.54, 1.807) is 0 Å². The van der Waals surface area contributed by atoms with Crippen LogP contribution in [0.15, 0.2) is 54.6 Å². The highest BCUT2D eigenvalue weighted by molar-refractivity contribution is 5.81. The van der Waals surface area contributed by atoms with Gasteiger partial charge in [-0.1, -0.05) is 42.5 Å². The third-order valence-electron chi connectivity index (χ3n) is 5.78. The van der Waals surface area contributed by atoms with Crippen LogP contribution in [0.5, 0.6) is 0 Å². The number of rotatable bonds is 3. The van der Waals surface area contributed by atoms with Crippen molar-refractivity contribution in [3.8, 4) is 0 Å². The fraction of sp³-hybridized carbons (Fsp3) is 0.409. The second-order valence-corrected chi connectivity index (χ2v) is 7.31. The van der Waals surface area contributed by atoms with Gasteiger partial charge in [-0.25, -0.2) is 0 Å². The Morgan fingerprint density at radius 1 is 0.846 bits per heavy atom. The first-order valence-electron chi connectivity index (χ1n) is 9.62. The van der Waals surface area contributed by atoms with Gasteiger partial charge in [-0.05, 0) is 36.6 Å². The lowest BCUT2D eigenvalue weighted by atomic mass is 9.98. The Morgan fingerprint density at radius 3 is 2.23 bits per heavy atom. The maximum atomic E-state index is 13.0. The molecule has 2 aromatic carbocycles.